The minimum atomic E-state index is -0.949. The molecule has 1 heterocycles. The molecule has 2 atom stereocenters. The maximum Gasteiger partial charge on any atom is 0.309 e. The SMILES string of the molecule is CCCCCCCCCCCC/C=C\C(Sc1nc(CC(=O)O)c(C)[nH]1)C(O)CCC(=O)O. The molecule has 8 heteroatoms. The second kappa shape index (κ2) is 17.6. The van der Waals surface area contributed by atoms with E-state index in [0.717, 1.165) is 12.8 Å². The van der Waals surface area contributed by atoms with Gasteiger partial charge in [-0.3, -0.25) is 9.59 Å². The molecule has 0 saturated heterocycles. The smallest absolute Gasteiger partial charge is 0.309 e. The fraction of sp³-hybridized carbons (Fsp3) is 0.720. The molecule has 7 nitrogen and oxygen atoms in total. The second-order valence-electron chi connectivity index (χ2n) is 8.67. The third-order valence-corrected chi connectivity index (χ3v) is 6.77. The topological polar surface area (TPSA) is 124 Å². The predicted octanol–water partition coefficient (Wildman–Crippen LogP) is 5.90. The van der Waals surface area contributed by atoms with Crippen molar-refractivity contribution in [3.05, 3.63) is 23.5 Å². The summed E-state index contributed by atoms with van der Waals surface area (Å²) in [7, 11) is 0. The van der Waals surface area contributed by atoms with E-state index in [1.165, 1.54) is 69.5 Å². The third-order valence-electron chi connectivity index (χ3n) is 5.61. The van der Waals surface area contributed by atoms with Gasteiger partial charge in [-0.25, -0.2) is 4.98 Å². The molecule has 0 amide bonds. The Hall–Kier alpha value is -1.80. The molecule has 0 aliphatic carbocycles. The Labute approximate surface area is 202 Å². The molecule has 0 bridgehead atoms. The van der Waals surface area contributed by atoms with Crippen LogP contribution in [0.25, 0.3) is 0 Å². The van der Waals surface area contributed by atoms with Crippen LogP contribution in [-0.4, -0.2) is 48.6 Å². The van der Waals surface area contributed by atoms with E-state index in [-0.39, 0.29) is 24.5 Å². The van der Waals surface area contributed by atoms with Gasteiger partial charge in [0.15, 0.2) is 5.16 Å². The first-order chi connectivity index (χ1) is 15.8. The summed E-state index contributed by atoms with van der Waals surface area (Å²) in [4.78, 5) is 29.3. The number of unbranched alkanes of at least 4 members (excludes halogenated alkanes) is 10. The lowest BCUT2D eigenvalue weighted by Gasteiger charge is -2.17. The molecule has 0 radical (unpaired) electrons. The van der Waals surface area contributed by atoms with Crippen molar-refractivity contribution in [2.24, 2.45) is 0 Å². The van der Waals surface area contributed by atoms with Crippen molar-refractivity contribution >= 4 is 23.7 Å². The zero-order chi connectivity index (χ0) is 24.5. The molecular formula is C25H42N2O5S. The molecule has 0 aliphatic heterocycles. The molecule has 0 aliphatic rings. The number of aliphatic hydroxyl groups is 1. The highest BCUT2D eigenvalue weighted by Gasteiger charge is 2.21. The van der Waals surface area contributed by atoms with Crippen LogP contribution < -0.4 is 0 Å². The van der Waals surface area contributed by atoms with Crippen LogP contribution in [0.15, 0.2) is 17.3 Å². The van der Waals surface area contributed by atoms with Crippen LogP contribution in [0.1, 0.15) is 102 Å². The number of aryl methyl sites for hydroxylation is 1. The normalized spacial score (nSPS) is 13.4. The van der Waals surface area contributed by atoms with Gasteiger partial charge in [0.1, 0.15) is 0 Å². The lowest BCUT2D eigenvalue weighted by atomic mass is 10.1. The van der Waals surface area contributed by atoms with E-state index in [4.69, 9.17) is 10.2 Å². The number of hydrogen-bond donors (Lipinski definition) is 4. The number of imidazole rings is 1. The highest BCUT2D eigenvalue weighted by molar-refractivity contribution is 8.00. The van der Waals surface area contributed by atoms with Gasteiger partial charge >= 0.3 is 11.9 Å². The van der Waals surface area contributed by atoms with E-state index in [1.54, 1.807) is 6.92 Å². The van der Waals surface area contributed by atoms with Crippen LogP contribution in [0, 0.1) is 6.92 Å². The van der Waals surface area contributed by atoms with E-state index in [2.05, 4.69) is 23.0 Å². The minimum Gasteiger partial charge on any atom is -0.481 e. The van der Waals surface area contributed by atoms with Gasteiger partial charge in [0.25, 0.3) is 0 Å². The van der Waals surface area contributed by atoms with Gasteiger partial charge in [0, 0.05) is 12.1 Å². The molecule has 0 spiro atoms. The van der Waals surface area contributed by atoms with Gasteiger partial charge in [0.2, 0.25) is 0 Å². The van der Waals surface area contributed by atoms with Crippen molar-refractivity contribution < 1.29 is 24.9 Å². The second-order valence-corrected chi connectivity index (χ2v) is 9.83. The van der Waals surface area contributed by atoms with Crippen LogP contribution in [0.5, 0.6) is 0 Å². The number of nitrogens with one attached hydrogen (secondary N) is 1. The quantitative estimate of drug-likeness (QED) is 0.104. The molecule has 33 heavy (non-hydrogen) atoms. The molecule has 1 rings (SSSR count). The summed E-state index contributed by atoms with van der Waals surface area (Å²) in [5, 5.41) is 28.7. The molecule has 0 saturated carbocycles. The largest absolute Gasteiger partial charge is 0.481 e. The number of H-pyrrole nitrogens is 1. The zero-order valence-electron chi connectivity index (χ0n) is 20.2. The number of carboxylic acids is 2. The Bertz CT molecular complexity index is 720. The summed E-state index contributed by atoms with van der Waals surface area (Å²) >= 11 is 1.30. The number of thioether (sulfide) groups is 1. The van der Waals surface area contributed by atoms with Crippen LogP contribution in [0.2, 0.25) is 0 Å². The number of nitrogens with zero attached hydrogens (tertiary/aromatic N) is 1. The van der Waals surface area contributed by atoms with Crippen molar-refractivity contribution in [3.8, 4) is 0 Å². The lowest BCUT2D eigenvalue weighted by molar-refractivity contribution is -0.138. The maximum atomic E-state index is 11.0. The van der Waals surface area contributed by atoms with Crippen LogP contribution >= 0.6 is 11.8 Å². The fourth-order valence-electron chi connectivity index (χ4n) is 3.63. The predicted molar refractivity (Wildman–Crippen MR) is 133 cm³/mol. The Morgan fingerprint density at radius 2 is 1.61 bits per heavy atom. The van der Waals surface area contributed by atoms with E-state index < -0.39 is 18.0 Å². The Balaban J connectivity index is 2.47. The number of hydrogen-bond acceptors (Lipinski definition) is 5. The highest BCUT2D eigenvalue weighted by atomic mass is 32.2. The van der Waals surface area contributed by atoms with Gasteiger partial charge in [-0.1, -0.05) is 88.6 Å². The number of allylic oxidation sites excluding steroid dienone is 1. The van der Waals surface area contributed by atoms with Crippen molar-refractivity contribution in [2.45, 2.75) is 120 Å². The summed E-state index contributed by atoms with van der Waals surface area (Å²) in [6.07, 6.45) is 16.8. The summed E-state index contributed by atoms with van der Waals surface area (Å²) < 4.78 is 0. The number of aliphatic hydroxyl groups excluding tert-OH is 1. The van der Waals surface area contributed by atoms with Gasteiger partial charge in [-0.15, -0.1) is 0 Å². The van der Waals surface area contributed by atoms with Crippen molar-refractivity contribution in [1.82, 2.24) is 9.97 Å². The average molecular weight is 483 g/mol. The van der Waals surface area contributed by atoms with E-state index in [9.17, 15) is 14.7 Å². The summed E-state index contributed by atoms with van der Waals surface area (Å²) in [6, 6.07) is 0. The molecule has 4 N–H and O–H groups in total. The number of aliphatic carboxylic acids is 2. The molecule has 1 aromatic heterocycles. The summed E-state index contributed by atoms with van der Waals surface area (Å²) in [5.41, 5.74) is 1.16. The molecule has 188 valence electrons. The van der Waals surface area contributed by atoms with E-state index in [0.29, 0.717) is 16.5 Å². The van der Waals surface area contributed by atoms with Crippen molar-refractivity contribution in [1.29, 1.82) is 0 Å². The molecular weight excluding hydrogens is 440 g/mol. The van der Waals surface area contributed by atoms with Gasteiger partial charge in [-0.2, -0.15) is 0 Å². The molecule has 0 aromatic carbocycles. The first-order valence-electron chi connectivity index (χ1n) is 12.3. The van der Waals surface area contributed by atoms with Crippen molar-refractivity contribution in [3.63, 3.8) is 0 Å². The molecule has 1 aromatic rings. The first kappa shape index (κ1) is 29.2. The number of aromatic nitrogens is 2. The van der Waals surface area contributed by atoms with Crippen LogP contribution in [0.3, 0.4) is 0 Å². The van der Waals surface area contributed by atoms with Crippen molar-refractivity contribution in [2.75, 3.05) is 0 Å². The number of carbonyl (C=O) groups is 2. The van der Waals surface area contributed by atoms with Crippen LogP contribution in [-0.2, 0) is 16.0 Å². The van der Waals surface area contributed by atoms with Gasteiger partial charge in [-0.05, 0) is 26.2 Å². The zero-order valence-corrected chi connectivity index (χ0v) is 21.0. The standard InChI is InChI=1S/C25H42N2O5S/c1-3-4-5-6-7-8-9-10-11-12-13-14-15-22(21(28)16-17-23(29)30)33-25-26-19(2)20(27-25)18-24(31)32/h14-15,21-22,28H,3-13,16-18H2,1-2H3,(H,26,27)(H,29,30)(H,31,32)/b15-14-. The summed E-state index contributed by atoms with van der Waals surface area (Å²) in [5.74, 6) is -1.89. The lowest BCUT2D eigenvalue weighted by Crippen LogP contribution is -2.22. The number of carboxylic acid groups (broad SMARTS) is 2. The van der Waals surface area contributed by atoms with Gasteiger partial charge < -0.3 is 20.3 Å². The third kappa shape index (κ3) is 14.1. The van der Waals surface area contributed by atoms with E-state index >= 15 is 0 Å². The van der Waals surface area contributed by atoms with Crippen LogP contribution in [0.4, 0.5) is 0 Å². The van der Waals surface area contributed by atoms with Gasteiger partial charge in [0.05, 0.1) is 23.5 Å². The average Bonchev–Trinajstić information content (AvgIpc) is 3.09. The fourth-order valence-corrected chi connectivity index (χ4v) is 4.74. The Kier molecular flexibility index (Phi) is 15.6. The molecule has 0 fully saturated rings. The first-order valence-corrected chi connectivity index (χ1v) is 13.2. The monoisotopic (exact) mass is 482 g/mol. The van der Waals surface area contributed by atoms with E-state index in [1.807, 2.05) is 6.08 Å². The Morgan fingerprint density at radius 3 is 2.18 bits per heavy atom. The maximum absolute atomic E-state index is 11.0. The summed E-state index contributed by atoms with van der Waals surface area (Å²) in [6.45, 7) is 4.01. The minimum absolute atomic E-state index is 0.105. The highest BCUT2D eigenvalue weighted by Crippen LogP contribution is 2.27. The Morgan fingerprint density at radius 1 is 1.00 bits per heavy atom. The number of rotatable bonds is 20. The number of aromatic amines is 1. The molecule has 2 unspecified atom stereocenters.